The van der Waals surface area contributed by atoms with Crippen LogP contribution in [0.15, 0.2) is 54.6 Å². The van der Waals surface area contributed by atoms with Gasteiger partial charge in [-0.3, -0.25) is 0 Å². The first kappa shape index (κ1) is 14.1. The average Bonchev–Trinajstić information content (AvgIpc) is 2.57. The number of ether oxygens (including phenoxy) is 1. The Morgan fingerprint density at radius 2 is 1.67 bits per heavy atom. The highest BCUT2D eigenvalue weighted by Crippen LogP contribution is 2.26. The first-order valence-electron chi connectivity index (χ1n) is 7.57. The van der Waals surface area contributed by atoms with Gasteiger partial charge in [0.15, 0.2) is 0 Å². The fourth-order valence-electron chi connectivity index (χ4n) is 2.74. The first-order valence-corrected chi connectivity index (χ1v) is 7.57. The summed E-state index contributed by atoms with van der Waals surface area (Å²) in [6, 6.07) is 17.6. The van der Waals surface area contributed by atoms with Crippen molar-refractivity contribution in [1.29, 1.82) is 0 Å². The lowest BCUT2D eigenvalue weighted by atomic mass is 9.95. The van der Waals surface area contributed by atoms with E-state index in [-0.39, 0.29) is 6.04 Å². The van der Waals surface area contributed by atoms with Crippen molar-refractivity contribution in [2.75, 3.05) is 6.54 Å². The zero-order chi connectivity index (χ0) is 14.5. The van der Waals surface area contributed by atoms with E-state index in [9.17, 15) is 5.11 Å². The molecule has 1 saturated heterocycles. The molecule has 2 N–H and O–H groups in total. The fraction of sp³-hybridized carbons (Fsp3) is 0.333. The number of piperidine rings is 1. The summed E-state index contributed by atoms with van der Waals surface area (Å²) in [6.07, 6.45) is 2.97. The highest BCUT2D eigenvalue weighted by molar-refractivity contribution is 5.33. The molecule has 2 aromatic carbocycles. The smallest absolute Gasteiger partial charge is 0.127 e. The van der Waals surface area contributed by atoms with E-state index < -0.39 is 6.10 Å². The zero-order valence-electron chi connectivity index (χ0n) is 12.0. The molecule has 1 fully saturated rings. The van der Waals surface area contributed by atoms with Crippen molar-refractivity contribution in [3.8, 4) is 11.5 Å². The summed E-state index contributed by atoms with van der Waals surface area (Å²) in [5, 5.41) is 13.8. The quantitative estimate of drug-likeness (QED) is 0.900. The molecule has 2 unspecified atom stereocenters. The lowest BCUT2D eigenvalue weighted by molar-refractivity contribution is 0.114. The number of benzene rings is 2. The van der Waals surface area contributed by atoms with Gasteiger partial charge in [-0.05, 0) is 49.2 Å². The van der Waals surface area contributed by atoms with E-state index in [4.69, 9.17) is 4.74 Å². The van der Waals surface area contributed by atoms with Gasteiger partial charge in [-0.2, -0.15) is 0 Å². The largest absolute Gasteiger partial charge is 0.457 e. The summed E-state index contributed by atoms with van der Waals surface area (Å²) in [7, 11) is 0. The van der Waals surface area contributed by atoms with Crippen LogP contribution >= 0.6 is 0 Å². The van der Waals surface area contributed by atoms with Crippen molar-refractivity contribution in [2.45, 2.75) is 31.4 Å². The average molecular weight is 283 g/mol. The van der Waals surface area contributed by atoms with E-state index in [1.165, 1.54) is 12.8 Å². The van der Waals surface area contributed by atoms with Crippen LogP contribution in [0.25, 0.3) is 0 Å². The molecule has 3 nitrogen and oxygen atoms in total. The minimum absolute atomic E-state index is 0.166. The fourth-order valence-corrected chi connectivity index (χ4v) is 2.74. The third-order valence-corrected chi connectivity index (χ3v) is 3.93. The van der Waals surface area contributed by atoms with Crippen LogP contribution in [0.4, 0.5) is 0 Å². The van der Waals surface area contributed by atoms with Crippen LogP contribution in [-0.2, 0) is 0 Å². The summed E-state index contributed by atoms with van der Waals surface area (Å²) in [4.78, 5) is 0. The third kappa shape index (κ3) is 3.63. The van der Waals surface area contributed by atoms with E-state index in [2.05, 4.69) is 5.32 Å². The molecule has 0 aliphatic carbocycles. The zero-order valence-corrected chi connectivity index (χ0v) is 12.0. The predicted molar refractivity (Wildman–Crippen MR) is 83.6 cm³/mol. The van der Waals surface area contributed by atoms with Crippen molar-refractivity contribution >= 4 is 0 Å². The Bertz CT molecular complexity index is 547. The van der Waals surface area contributed by atoms with Gasteiger partial charge in [0.05, 0.1) is 6.10 Å². The van der Waals surface area contributed by atoms with Gasteiger partial charge >= 0.3 is 0 Å². The second kappa shape index (κ2) is 6.74. The summed E-state index contributed by atoms with van der Waals surface area (Å²) in [6.45, 7) is 0.997. The van der Waals surface area contributed by atoms with Gasteiger partial charge in [0.2, 0.25) is 0 Å². The molecule has 1 heterocycles. The minimum atomic E-state index is -0.448. The standard InChI is InChI=1S/C18H21NO2/c20-18(17-8-4-5-13-19-17)14-9-11-16(12-10-14)21-15-6-2-1-3-7-15/h1-3,6-7,9-12,17-20H,4-5,8,13H2. The molecular formula is C18H21NO2. The molecule has 3 rings (SSSR count). The van der Waals surface area contributed by atoms with Gasteiger partial charge in [-0.1, -0.05) is 36.8 Å². The van der Waals surface area contributed by atoms with Crippen molar-refractivity contribution in [3.63, 3.8) is 0 Å². The third-order valence-electron chi connectivity index (χ3n) is 3.93. The number of nitrogens with one attached hydrogen (secondary N) is 1. The SMILES string of the molecule is OC(c1ccc(Oc2ccccc2)cc1)C1CCCCN1. The number of para-hydroxylation sites is 1. The van der Waals surface area contributed by atoms with Crippen molar-refractivity contribution < 1.29 is 9.84 Å². The highest BCUT2D eigenvalue weighted by atomic mass is 16.5. The summed E-state index contributed by atoms with van der Waals surface area (Å²) < 4.78 is 5.76. The maximum absolute atomic E-state index is 10.4. The Morgan fingerprint density at radius 1 is 0.952 bits per heavy atom. The van der Waals surface area contributed by atoms with Crippen LogP contribution in [0.3, 0.4) is 0 Å². The van der Waals surface area contributed by atoms with Crippen molar-refractivity contribution in [1.82, 2.24) is 5.32 Å². The minimum Gasteiger partial charge on any atom is -0.457 e. The second-order valence-electron chi connectivity index (χ2n) is 5.49. The normalized spacial score (nSPS) is 20.0. The molecule has 0 spiro atoms. The molecule has 0 radical (unpaired) electrons. The maximum atomic E-state index is 10.4. The van der Waals surface area contributed by atoms with Gasteiger partial charge in [0.1, 0.15) is 11.5 Å². The second-order valence-corrected chi connectivity index (χ2v) is 5.49. The van der Waals surface area contributed by atoms with Crippen LogP contribution in [0.1, 0.15) is 30.9 Å². The number of hydrogen-bond acceptors (Lipinski definition) is 3. The van der Waals surface area contributed by atoms with E-state index in [0.29, 0.717) is 0 Å². The van der Waals surface area contributed by atoms with Gasteiger partial charge < -0.3 is 15.2 Å². The molecule has 21 heavy (non-hydrogen) atoms. The number of hydrogen-bond donors (Lipinski definition) is 2. The highest BCUT2D eigenvalue weighted by Gasteiger charge is 2.22. The van der Waals surface area contributed by atoms with Crippen LogP contribution in [0.2, 0.25) is 0 Å². The molecule has 2 aromatic rings. The molecule has 2 atom stereocenters. The molecule has 1 aliphatic heterocycles. The van der Waals surface area contributed by atoms with Crippen molar-refractivity contribution in [3.05, 3.63) is 60.2 Å². The molecule has 3 heteroatoms. The van der Waals surface area contributed by atoms with Crippen LogP contribution in [0.5, 0.6) is 11.5 Å². The number of aliphatic hydroxyl groups is 1. The topological polar surface area (TPSA) is 41.5 Å². The molecule has 1 aliphatic rings. The Labute approximate surface area is 125 Å². The summed E-state index contributed by atoms with van der Waals surface area (Å²) in [5.74, 6) is 1.61. The van der Waals surface area contributed by atoms with Gasteiger partial charge in [0.25, 0.3) is 0 Å². The molecule has 110 valence electrons. The first-order chi connectivity index (χ1) is 10.3. The van der Waals surface area contributed by atoms with E-state index >= 15 is 0 Å². The van der Waals surface area contributed by atoms with E-state index in [1.54, 1.807) is 0 Å². The van der Waals surface area contributed by atoms with Crippen LogP contribution < -0.4 is 10.1 Å². The van der Waals surface area contributed by atoms with E-state index in [0.717, 1.165) is 30.0 Å². The summed E-state index contributed by atoms with van der Waals surface area (Å²) in [5.41, 5.74) is 0.940. The monoisotopic (exact) mass is 283 g/mol. The predicted octanol–water partition coefficient (Wildman–Crippen LogP) is 3.65. The molecule has 0 saturated carbocycles. The van der Waals surface area contributed by atoms with E-state index in [1.807, 2.05) is 54.6 Å². The number of aliphatic hydroxyl groups excluding tert-OH is 1. The Hall–Kier alpha value is -1.84. The van der Waals surface area contributed by atoms with Gasteiger partial charge in [-0.15, -0.1) is 0 Å². The van der Waals surface area contributed by atoms with Crippen LogP contribution in [-0.4, -0.2) is 17.7 Å². The van der Waals surface area contributed by atoms with Gasteiger partial charge in [-0.25, -0.2) is 0 Å². The lowest BCUT2D eigenvalue weighted by Crippen LogP contribution is -2.38. The Balaban J connectivity index is 1.66. The Kier molecular flexibility index (Phi) is 4.53. The maximum Gasteiger partial charge on any atom is 0.127 e. The summed E-state index contributed by atoms with van der Waals surface area (Å²) >= 11 is 0. The lowest BCUT2D eigenvalue weighted by Gasteiger charge is -2.28. The number of rotatable bonds is 4. The molecule has 0 aromatic heterocycles. The van der Waals surface area contributed by atoms with Crippen molar-refractivity contribution in [2.24, 2.45) is 0 Å². The van der Waals surface area contributed by atoms with Crippen LogP contribution in [0, 0.1) is 0 Å². The Morgan fingerprint density at radius 3 is 2.33 bits per heavy atom. The molecule has 0 amide bonds. The molecular weight excluding hydrogens is 262 g/mol. The van der Waals surface area contributed by atoms with Gasteiger partial charge in [0, 0.05) is 6.04 Å². The molecule has 0 bridgehead atoms.